The number of hydrogen-bond acceptors (Lipinski definition) is 2. The van der Waals surface area contributed by atoms with Crippen LogP contribution in [0.5, 0.6) is 0 Å². The minimum absolute atomic E-state index is 0.458. The van der Waals surface area contributed by atoms with Crippen molar-refractivity contribution in [2.45, 2.75) is 26.8 Å². The van der Waals surface area contributed by atoms with Crippen molar-refractivity contribution in [1.29, 1.82) is 0 Å². The molecular weight excluding hydrogens is 222 g/mol. The molecule has 1 aromatic heterocycles. The lowest BCUT2D eigenvalue weighted by molar-refractivity contribution is 0.670. The molecule has 3 heteroatoms. The van der Waals surface area contributed by atoms with Gasteiger partial charge in [0.15, 0.2) is 0 Å². The van der Waals surface area contributed by atoms with Crippen LogP contribution in [0.25, 0.3) is 11.0 Å². The molecule has 0 aliphatic carbocycles. The summed E-state index contributed by atoms with van der Waals surface area (Å²) in [5, 5.41) is 8.29. The van der Waals surface area contributed by atoms with E-state index in [0.717, 1.165) is 24.0 Å². The van der Waals surface area contributed by atoms with Gasteiger partial charge < -0.3 is 0 Å². The second-order valence-electron chi connectivity index (χ2n) is 4.55. The van der Waals surface area contributed by atoms with Crippen LogP contribution in [0, 0.1) is 5.92 Å². The molecule has 0 bridgehead atoms. The van der Waals surface area contributed by atoms with Crippen LogP contribution in [-0.4, -0.2) is 15.0 Å². The summed E-state index contributed by atoms with van der Waals surface area (Å²) in [6, 6.07) is 8.00. The molecule has 18 heavy (non-hydrogen) atoms. The van der Waals surface area contributed by atoms with E-state index < -0.39 is 0 Å². The van der Waals surface area contributed by atoms with Gasteiger partial charge in [-0.25, -0.2) is 4.68 Å². The van der Waals surface area contributed by atoms with Crippen LogP contribution >= 0.6 is 0 Å². The Morgan fingerprint density at radius 2 is 2.22 bits per heavy atom. The highest BCUT2D eigenvalue weighted by atomic mass is 15.4. The predicted octanol–water partition coefficient (Wildman–Crippen LogP) is 3.59. The summed E-state index contributed by atoms with van der Waals surface area (Å²) in [5.41, 5.74) is 3.22. The van der Waals surface area contributed by atoms with Crippen molar-refractivity contribution in [3.8, 4) is 0 Å². The third-order valence-corrected chi connectivity index (χ3v) is 3.14. The number of aromatic nitrogens is 3. The molecule has 0 spiro atoms. The molecule has 1 unspecified atom stereocenters. The third kappa shape index (κ3) is 2.67. The Balaban J connectivity index is 2.10. The lowest BCUT2D eigenvalue weighted by atomic mass is 9.99. The zero-order chi connectivity index (χ0) is 13.0. The van der Waals surface area contributed by atoms with E-state index in [1.165, 1.54) is 5.57 Å². The molecule has 3 nitrogen and oxygen atoms in total. The average Bonchev–Trinajstić information content (AvgIpc) is 2.78. The summed E-state index contributed by atoms with van der Waals surface area (Å²) < 4.78 is 1.91. The summed E-state index contributed by atoms with van der Waals surface area (Å²) in [7, 11) is 0. The molecule has 1 heterocycles. The van der Waals surface area contributed by atoms with Crippen molar-refractivity contribution in [3.63, 3.8) is 0 Å². The molecule has 0 N–H and O–H groups in total. The van der Waals surface area contributed by atoms with Crippen LogP contribution in [0.3, 0.4) is 0 Å². The van der Waals surface area contributed by atoms with Gasteiger partial charge in [-0.05, 0) is 31.4 Å². The van der Waals surface area contributed by atoms with E-state index in [9.17, 15) is 0 Å². The fraction of sp³-hybridized carbons (Fsp3) is 0.333. The Kier molecular flexibility index (Phi) is 3.92. The van der Waals surface area contributed by atoms with E-state index in [2.05, 4.69) is 42.9 Å². The number of benzene rings is 1. The van der Waals surface area contributed by atoms with Crippen molar-refractivity contribution in [2.75, 3.05) is 0 Å². The van der Waals surface area contributed by atoms with Crippen molar-refractivity contribution < 1.29 is 0 Å². The Bertz CT molecular complexity index is 566. The average molecular weight is 241 g/mol. The molecule has 0 radical (unpaired) electrons. The highest BCUT2D eigenvalue weighted by molar-refractivity contribution is 5.73. The molecule has 1 aromatic carbocycles. The molecule has 0 fully saturated rings. The van der Waals surface area contributed by atoms with E-state index in [4.69, 9.17) is 0 Å². The maximum Gasteiger partial charge on any atom is 0.113 e. The minimum atomic E-state index is 0.458. The number of fused-ring (bicyclic) bond motifs is 1. The van der Waals surface area contributed by atoms with E-state index in [1.54, 1.807) is 0 Å². The van der Waals surface area contributed by atoms with Gasteiger partial charge in [0.1, 0.15) is 5.52 Å². The summed E-state index contributed by atoms with van der Waals surface area (Å²) in [4.78, 5) is 0. The van der Waals surface area contributed by atoms with Crippen molar-refractivity contribution in [2.24, 2.45) is 5.92 Å². The smallest absolute Gasteiger partial charge is 0.113 e. The Labute approximate surface area is 108 Å². The highest BCUT2D eigenvalue weighted by Gasteiger charge is 2.03. The van der Waals surface area contributed by atoms with Crippen molar-refractivity contribution in [3.05, 3.63) is 48.6 Å². The number of allylic oxidation sites excluding steroid dienone is 3. The predicted molar refractivity (Wildman–Crippen MR) is 75.3 cm³/mol. The molecule has 0 saturated carbocycles. The second kappa shape index (κ2) is 5.63. The van der Waals surface area contributed by atoms with E-state index in [-0.39, 0.29) is 0 Å². The van der Waals surface area contributed by atoms with Crippen molar-refractivity contribution in [1.82, 2.24) is 15.0 Å². The lowest BCUT2D eigenvalue weighted by Crippen LogP contribution is -1.99. The zero-order valence-corrected chi connectivity index (χ0v) is 11.0. The van der Waals surface area contributed by atoms with Gasteiger partial charge in [0.05, 0.1) is 12.1 Å². The normalized spacial score (nSPS) is 13.2. The summed E-state index contributed by atoms with van der Waals surface area (Å²) in [6.07, 6.45) is 5.44. The third-order valence-electron chi connectivity index (χ3n) is 3.14. The van der Waals surface area contributed by atoms with E-state index in [1.807, 2.05) is 28.9 Å². The van der Waals surface area contributed by atoms with Gasteiger partial charge in [-0.3, -0.25) is 0 Å². The molecule has 94 valence electrons. The highest BCUT2D eigenvalue weighted by Crippen LogP contribution is 2.14. The standard InChI is InChI=1S/C15H19N3/c1-4-13(12(2)3)8-7-11-18-15-10-6-5-9-14(15)16-17-18/h5-10,13H,2,4,11H2,1,3H3/b8-7-. The van der Waals surface area contributed by atoms with Crippen LogP contribution < -0.4 is 0 Å². The maximum atomic E-state index is 4.16. The molecule has 2 aromatic rings. The molecule has 2 rings (SSSR count). The van der Waals surface area contributed by atoms with Gasteiger partial charge in [-0.15, -0.1) is 5.10 Å². The summed E-state index contributed by atoms with van der Waals surface area (Å²) in [5.74, 6) is 0.458. The maximum absolute atomic E-state index is 4.16. The number of hydrogen-bond donors (Lipinski definition) is 0. The number of nitrogens with zero attached hydrogens (tertiary/aromatic N) is 3. The van der Waals surface area contributed by atoms with Crippen LogP contribution in [-0.2, 0) is 6.54 Å². The Hall–Kier alpha value is -1.90. The Morgan fingerprint density at radius 1 is 1.44 bits per heavy atom. The first-order valence-electron chi connectivity index (χ1n) is 6.32. The number of rotatable bonds is 5. The topological polar surface area (TPSA) is 30.7 Å². The molecule has 0 saturated heterocycles. The lowest BCUT2D eigenvalue weighted by Gasteiger charge is -2.08. The van der Waals surface area contributed by atoms with Gasteiger partial charge in [0, 0.05) is 0 Å². The minimum Gasteiger partial charge on any atom is -0.241 e. The molecule has 0 aliphatic heterocycles. The Morgan fingerprint density at radius 3 is 2.94 bits per heavy atom. The zero-order valence-electron chi connectivity index (χ0n) is 11.0. The van der Waals surface area contributed by atoms with Gasteiger partial charge >= 0.3 is 0 Å². The molecule has 0 aliphatic rings. The van der Waals surface area contributed by atoms with Gasteiger partial charge in [-0.1, -0.05) is 48.6 Å². The quantitative estimate of drug-likeness (QED) is 0.749. The van der Waals surface area contributed by atoms with Gasteiger partial charge in [0.25, 0.3) is 0 Å². The van der Waals surface area contributed by atoms with E-state index >= 15 is 0 Å². The monoisotopic (exact) mass is 241 g/mol. The second-order valence-corrected chi connectivity index (χ2v) is 4.55. The largest absolute Gasteiger partial charge is 0.241 e. The van der Waals surface area contributed by atoms with Gasteiger partial charge in [0.2, 0.25) is 0 Å². The van der Waals surface area contributed by atoms with Crippen LogP contribution in [0.15, 0.2) is 48.6 Å². The first-order chi connectivity index (χ1) is 8.72. The first kappa shape index (κ1) is 12.6. The van der Waals surface area contributed by atoms with Crippen LogP contribution in [0.1, 0.15) is 20.3 Å². The summed E-state index contributed by atoms with van der Waals surface area (Å²) in [6.45, 7) is 9.01. The summed E-state index contributed by atoms with van der Waals surface area (Å²) >= 11 is 0. The molecule has 1 atom stereocenters. The first-order valence-corrected chi connectivity index (χ1v) is 6.32. The molecule has 0 amide bonds. The van der Waals surface area contributed by atoms with Crippen molar-refractivity contribution >= 4 is 11.0 Å². The number of para-hydroxylation sites is 1. The fourth-order valence-electron chi connectivity index (χ4n) is 2.03. The van der Waals surface area contributed by atoms with Gasteiger partial charge in [-0.2, -0.15) is 0 Å². The van der Waals surface area contributed by atoms with E-state index in [0.29, 0.717) is 5.92 Å². The SMILES string of the molecule is C=C(C)C(/C=C\Cn1nnc2ccccc21)CC. The van der Waals surface area contributed by atoms with Crippen LogP contribution in [0.4, 0.5) is 0 Å². The molecular formula is C15H19N3. The van der Waals surface area contributed by atoms with Crippen LogP contribution in [0.2, 0.25) is 0 Å². The fourth-order valence-corrected chi connectivity index (χ4v) is 2.03.